The summed E-state index contributed by atoms with van der Waals surface area (Å²) in [6, 6.07) is 4.45. The summed E-state index contributed by atoms with van der Waals surface area (Å²) in [7, 11) is 0. The van der Waals surface area contributed by atoms with Gasteiger partial charge in [-0.3, -0.25) is 4.57 Å². The summed E-state index contributed by atoms with van der Waals surface area (Å²) in [6.45, 7) is 1.98. The molecule has 0 fully saturated rings. The first-order chi connectivity index (χ1) is 26.5. The summed E-state index contributed by atoms with van der Waals surface area (Å²) >= 11 is 0. The molecule has 0 radical (unpaired) electrons. The topological polar surface area (TPSA) is 17.8 Å². The van der Waals surface area contributed by atoms with Gasteiger partial charge in [-0.05, 0) is 78.8 Å². The maximum absolute atomic E-state index is 9.28. The van der Waals surface area contributed by atoms with E-state index in [-0.39, 0.29) is 32.7 Å². The second-order valence-electron chi connectivity index (χ2n) is 9.50. The van der Waals surface area contributed by atoms with Crippen molar-refractivity contribution in [2.24, 2.45) is 0 Å². The van der Waals surface area contributed by atoms with Gasteiger partial charge in [0.25, 0.3) is 0 Å². The van der Waals surface area contributed by atoms with Crippen molar-refractivity contribution in [3.63, 3.8) is 0 Å². The van der Waals surface area contributed by atoms with Gasteiger partial charge < -0.3 is 0 Å². The summed E-state index contributed by atoms with van der Waals surface area (Å²) in [5, 5.41) is -1.75. The Morgan fingerprint density at radius 1 is 0.610 bits per heavy atom. The molecule has 0 spiro atoms. The van der Waals surface area contributed by atoms with E-state index in [1.165, 1.54) is 0 Å². The highest BCUT2D eigenvalue weighted by Gasteiger charge is 2.18. The number of aromatic nitrogens is 2. The third-order valence-electron chi connectivity index (χ3n) is 7.30. The van der Waals surface area contributed by atoms with Crippen molar-refractivity contribution in [1.29, 1.82) is 0 Å². The molecule has 0 bridgehead atoms. The maximum Gasteiger partial charge on any atom is 0.114 e. The lowest BCUT2D eigenvalue weighted by atomic mass is 9.85. The number of rotatable bonds is 4. The van der Waals surface area contributed by atoms with Crippen molar-refractivity contribution < 1.29 is 20.6 Å². The van der Waals surface area contributed by atoms with Crippen LogP contribution in [0.5, 0.6) is 0 Å². The largest absolute Gasteiger partial charge is 0.296 e. The van der Waals surface area contributed by atoms with E-state index in [4.69, 9.17) is 18.7 Å². The number of para-hydroxylation sites is 2. The van der Waals surface area contributed by atoms with Crippen LogP contribution in [-0.4, -0.2) is 9.55 Å². The number of aryl methyl sites for hydroxylation is 1. The number of benzene rings is 7. The Balaban J connectivity index is 1.63. The smallest absolute Gasteiger partial charge is 0.114 e. The Hall–Kier alpha value is -5.21. The molecule has 7 aromatic carbocycles. The monoisotopic (exact) mass is 539 g/mol. The average molecular weight is 540 g/mol. The molecule has 0 aliphatic carbocycles. The van der Waals surface area contributed by atoms with E-state index in [1.54, 1.807) is 24.3 Å². The summed E-state index contributed by atoms with van der Waals surface area (Å²) in [4.78, 5) is 4.76. The van der Waals surface area contributed by atoms with E-state index in [1.807, 2.05) is 35.8 Å². The first kappa shape index (κ1) is 13.0. The van der Waals surface area contributed by atoms with Crippen LogP contribution < -0.4 is 0 Å². The van der Waals surface area contributed by atoms with Crippen LogP contribution in [0.3, 0.4) is 0 Å². The van der Waals surface area contributed by atoms with Gasteiger partial charge in [0.2, 0.25) is 0 Å². The summed E-state index contributed by atoms with van der Waals surface area (Å²) in [5.74, 6) is 0.784. The Labute approximate surface area is 260 Å². The standard InChI is InChI=1S/C39H28N2/c1-2-37-40-35-20-9-10-21-36(35)41(37)28-24-22-27(23-25-28)38-31-15-5-7-17-33(31)39(34-18-8-6-16-32(34)38)30-19-11-13-26-12-3-4-14-29(26)30/h3-25H,2H2,1H3/i3D,4D,5D,6D,7D,8D,11D,12D,13D,14D,15D,16D,17D,18D,19D. The van der Waals surface area contributed by atoms with Crippen LogP contribution in [0.15, 0.2) is 139 Å². The van der Waals surface area contributed by atoms with Gasteiger partial charge in [-0.2, -0.15) is 0 Å². The minimum Gasteiger partial charge on any atom is -0.296 e. The molecule has 0 N–H and O–H groups in total. The number of imidazole rings is 1. The van der Waals surface area contributed by atoms with Crippen LogP contribution in [0.25, 0.3) is 71.3 Å². The zero-order valence-electron chi connectivity index (χ0n) is 36.7. The highest BCUT2D eigenvalue weighted by Crippen LogP contribution is 2.45. The van der Waals surface area contributed by atoms with Gasteiger partial charge in [0.05, 0.1) is 31.6 Å². The highest BCUT2D eigenvalue weighted by molar-refractivity contribution is 6.23. The molecule has 2 heteroatoms. The second-order valence-corrected chi connectivity index (χ2v) is 9.50. The first-order valence-electron chi connectivity index (χ1n) is 20.6. The molecule has 2 nitrogen and oxygen atoms in total. The third-order valence-corrected chi connectivity index (χ3v) is 7.30. The summed E-state index contributed by atoms with van der Waals surface area (Å²) in [6.07, 6.45) is 0.611. The molecule has 0 saturated heterocycles. The Bertz CT molecular complexity index is 2970. The molecular weight excluding hydrogens is 496 g/mol. The molecule has 0 amide bonds. The Kier molecular flexibility index (Phi) is 2.99. The van der Waals surface area contributed by atoms with E-state index in [2.05, 4.69) is 0 Å². The van der Waals surface area contributed by atoms with Gasteiger partial charge in [-0.1, -0.05) is 122 Å². The normalized spacial score (nSPS) is 16.8. The fourth-order valence-electron chi connectivity index (χ4n) is 5.54. The van der Waals surface area contributed by atoms with E-state index >= 15 is 0 Å². The van der Waals surface area contributed by atoms with Gasteiger partial charge in [-0.15, -0.1) is 0 Å². The number of hydrogen-bond acceptors (Lipinski definition) is 1. The molecule has 0 aliphatic heterocycles. The molecule has 1 heterocycles. The molecule has 8 rings (SSSR count). The lowest BCUT2D eigenvalue weighted by molar-refractivity contribution is 0.908. The zero-order chi connectivity index (χ0) is 40.4. The molecule has 8 aromatic rings. The molecular formula is C39H28N2. The van der Waals surface area contributed by atoms with Gasteiger partial charge in [0.1, 0.15) is 5.82 Å². The van der Waals surface area contributed by atoms with Crippen molar-refractivity contribution >= 4 is 43.4 Å². The molecule has 0 saturated carbocycles. The minimum atomic E-state index is -0.751. The molecule has 0 aliphatic rings. The van der Waals surface area contributed by atoms with E-state index in [9.17, 15) is 6.85 Å². The maximum atomic E-state index is 9.28. The molecule has 41 heavy (non-hydrogen) atoms. The van der Waals surface area contributed by atoms with Crippen LogP contribution in [0.1, 0.15) is 33.3 Å². The van der Waals surface area contributed by atoms with Crippen LogP contribution in [0.4, 0.5) is 0 Å². The Morgan fingerprint density at radius 2 is 1.20 bits per heavy atom. The van der Waals surface area contributed by atoms with Crippen molar-refractivity contribution in [3.05, 3.63) is 145 Å². The number of hydrogen-bond donors (Lipinski definition) is 0. The third kappa shape index (κ3) is 3.68. The minimum absolute atomic E-state index is 0.0384. The fourth-order valence-corrected chi connectivity index (χ4v) is 5.54. The van der Waals surface area contributed by atoms with Crippen molar-refractivity contribution in [1.82, 2.24) is 9.55 Å². The number of fused-ring (bicyclic) bond motifs is 4. The quantitative estimate of drug-likeness (QED) is 0.203. The predicted octanol–water partition coefficient (Wildman–Crippen LogP) is 10.4. The summed E-state index contributed by atoms with van der Waals surface area (Å²) < 4.78 is 135. The lowest BCUT2D eigenvalue weighted by Gasteiger charge is -2.19. The highest BCUT2D eigenvalue weighted by atomic mass is 15.1. The molecule has 1 aromatic heterocycles. The van der Waals surface area contributed by atoms with Crippen molar-refractivity contribution in [2.45, 2.75) is 13.3 Å². The van der Waals surface area contributed by atoms with Crippen molar-refractivity contribution in [3.8, 4) is 27.9 Å². The van der Waals surface area contributed by atoms with Gasteiger partial charge in [0, 0.05) is 12.1 Å². The fraction of sp³-hybridized carbons (Fsp3) is 0.0513. The van der Waals surface area contributed by atoms with Gasteiger partial charge in [0.15, 0.2) is 0 Å². The molecule has 194 valence electrons. The molecule has 0 unspecified atom stereocenters. The van der Waals surface area contributed by atoms with E-state index < -0.39 is 107 Å². The SMILES string of the molecule is [2H]c1c([2H])c([2H])c2c(-c3c4c([2H])c([2H])c([2H])c([2H])c4c(-c4ccc(-n5c(CC)nc6ccccc65)cc4)c4c([2H])c([2H])c([2H])c([2H])c34)c([2H])c([2H])c([2H])c2c1[2H]. The van der Waals surface area contributed by atoms with Gasteiger partial charge >= 0.3 is 0 Å². The number of nitrogens with zero attached hydrogens (tertiary/aromatic N) is 2. The average Bonchev–Trinajstić information content (AvgIpc) is 3.58. The van der Waals surface area contributed by atoms with Gasteiger partial charge in [-0.25, -0.2) is 4.98 Å². The van der Waals surface area contributed by atoms with Crippen LogP contribution in [0, 0.1) is 0 Å². The zero-order valence-corrected chi connectivity index (χ0v) is 21.7. The lowest BCUT2D eigenvalue weighted by Crippen LogP contribution is -2.00. The van der Waals surface area contributed by atoms with Crippen molar-refractivity contribution in [2.75, 3.05) is 0 Å². The first-order valence-corrected chi connectivity index (χ1v) is 13.1. The Morgan fingerprint density at radius 3 is 1.88 bits per heavy atom. The summed E-state index contributed by atoms with van der Waals surface area (Å²) in [5.41, 5.74) is 1.94. The molecule has 0 atom stereocenters. The van der Waals surface area contributed by atoms with Crippen LogP contribution >= 0.6 is 0 Å². The van der Waals surface area contributed by atoms with Crippen LogP contribution in [0.2, 0.25) is 0 Å². The van der Waals surface area contributed by atoms with Crippen LogP contribution in [-0.2, 0) is 6.42 Å². The predicted molar refractivity (Wildman–Crippen MR) is 174 cm³/mol. The van der Waals surface area contributed by atoms with E-state index in [0.29, 0.717) is 17.7 Å². The second kappa shape index (κ2) is 9.46. The van der Waals surface area contributed by atoms with E-state index in [0.717, 1.165) is 16.9 Å².